The van der Waals surface area contributed by atoms with E-state index in [9.17, 15) is 0 Å². The van der Waals surface area contributed by atoms with E-state index in [1.807, 2.05) is 12.1 Å². The molecule has 0 aromatic heterocycles. The molecule has 0 bridgehead atoms. The largest absolute Gasteiger partial charge is 0.492 e. The Morgan fingerprint density at radius 1 is 1.18 bits per heavy atom. The minimum Gasteiger partial charge on any atom is -0.492 e. The summed E-state index contributed by atoms with van der Waals surface area (Å²) in [6.07, 6.45) is 2.25. The van der Waals surface area contributed by atoms with Gasteiger partial charge in [0, 0.05) is 6.54 Å². The van der Waals surface area contributed by atoms with Gasteiger partial charge in [0.25, 0.3) is 0 Å². The first-order chi connectivity index (χ1) is 8.24. The third-order valence-corrected chi connectivity index (χ3v) is 2.79. The molecule has 0 heterocycles. The van der Waals surface area contributed by atoms with Gasteiger partial charge in [-0.05, 0) is 36.9 Å². The van der Waals surface area contributed by atoms with Crippen molar-refractivity contribution in [2.75, 3.05) is 19.7 Å². The molecule has 0 amide bonds. The maximum Gasteiger partial charge on any atom is 0.122 e. The minimum atomic E-state index is 0.745. The van der Waals surface area contributed by atoms with Crippen LogP contribution in [0.4, 0.5) is 0 Å². The zero-order valence-electron chi connectivity index (χ0n) is 11.3. The first kappa shape index (κ1) is 14.0. The Kier molecular flexibility index (Phi) is 6.71. The molecule has 0 aliphatic rings. The molecular weight excluding hydrogens is 210 g/mol. The van der Waals surface area contributed by atoms with Crippen LogP contribution >= 0.6 is 0 Å². The lowest BCUT2D eigenvalue weighted by Crippen LogP contribution is -2.23. The number of aryl methyl sites for hydroxylation is 1. The monoisotopic (exact) mass is 235 g/mol. The van der Waals surface area contributed by atoms with Crippen LogP contribution in [0.5, 0.6) is 5.75 Å². The number of hydrogen-bond acceptors (Lipinski definition) is 2. The fraction of sp³-hybridized carbons (Fsp3) is 0.600. The topological polar surface area (TPSA) is 21.3 Å². The molecule has 0 radical (unpaired) electrons. The Morgan fingerprint density at radius 2 is 1.94 bits per heavy atom. The molecule has 1 N–H and O–H groups in total. The highest BCUT2D eigenvalue weighted by atomic mass is 16.5. The van der Waals surface area contributed by atoms with Gasteiger partial charge in [0.1, 0.15) is 12.4 Å². The van der Waals surface area contributed by atoms with Crippen molar-refractivity contribution >= 4 is 0 Å². The molecule has 0 unspecified atom stereocenters. The van der Waals surface area contributed by atoms with E-state index < -0.39 is 0 Å². The molecule has 0 saturated carbocycles. The molecule has 0 aliphatic heterocycles. The lowest BCUT2D eigenvalue weighted by atomic mass is 10.1. The van der Waals surface area contributed by atoms with Crippen LogP contribution in [-0.2, 0) is 6.42 Å². The molecule has 96 valence electrons. The Balaban J connectivity index is 2.17. The van der Waals surface area contributed by atoms with E-state index in [0.717, 1.165) is 37.8 Å². The standard InChI is InChI=1S/C15H25NO/c1-4-14-7-5-6-8-15(14)17-12-11-16-10-9-13(2)3/h5-8,13,16H,4,9-12H2,1-3H3. The van der Waals surface area contributed by atoms with E-state index in [2.05, 4.69) is 38.2 Å². The number of nitrogens with one attached hydrogen (secondary N) is 1. The Labute approximate surface area is 105 Å². The van der Waals surface area contributed by atoms with Crippen molar-refractivity contribution < 1.29 is 4.74 Å². The molecule has 0 fully saturated rings. The van der Waals surface area contributed by atoms with Crippen LogP contribution < -0.4 is 10.1 Å². The SMILES string of the molecule is CCc1ccccc1OCCNCCC(C)C. The summed E-state index contributed by atoms with van der Waals surface area (Å²) in [5, 5.41) is 3.40. The average molecular weight is 235 g/mol. The molecule has 0 aliphatic carbocycles. The maximum atomic E-state index is 5.77. The van der Waals surface area contributed by atoms with Crippen molar-refractivity contribution in [3.63, 3.8) is 0 Å². The van der Waals surface area contributed by atoms with E-state index >= 15 is 0 Å². The molecule has 2 heteroatoms. The smallest absolute Gasteiger partial charge is 0.122 e. The molecule has 1 aromatic rings. The third kappa shape index (κ3) is 5.73. The van der Waals surface area contributed by atoms with Crippen LogP contribution in [0.3, 0.4) is 0 Å². The van der Waals surface area contributed by atoms with Crippen molar-refractivity contribution in [1.29, 1.82) is 0 Å². The van der Waals surface area contributed by atoms with Gasteiger partial charge in [0.15, 0.2) is 0 Å². The van der Waals surface area contributed by atoms with Crippen LogP contribution in [0, 0.1) is 5.92 Å². The first-order valence-electron chi connectivity index (χ1n) is 6.65. The van der Waals surface area contributed by atoms with Crippen molar-refractivity contribution in [3.05, 3.63) is 29.8 Å². The van der Waals surface area contributed by atoms with Gasteiger partial charge < -0.3 is 10.1 Å². The third-order valence-electron chi connectivity index (χ3n) is 2.79. The fourth-order valence-electron chi connectivity index (χ4n) is 1.69. The van der Waals surface area contributed by atoms with Crippen LogP contribution in [0.25, 0.3) is 0 Å². The summed E-state index contributed by atoms with van der Waals surface area (Å²) in [6, 6.07) is 8.27. The van der Waals surface area contributed by atoms with E-state index in [4.69, 9.17) is 4.74 Å². The zero-order valence-corrected chi connectivity index (χ0v) is 11.3. The van der Waals surface area contributed by atoms with E-state index in [0.29, 0.717) is 0 Å². The molecule has 17 heavy (non-hydrogen) atoms. The Bertz CT molecular complexity index is 310. The first-order valence-corrected chi connectivity index (χ1v) is 6.65. The van der Waals surface area contributed by atoms with Crippen molar-refractivity contribution in [1.82, 2.24) is 5.32 Å². The minimum absolute atomic E-state index is 0.745. The number of para-hydroxylation sites is 1. The second kappa shape index (κ2) is 8.13. The van der Waals surface area contributed by atoms with Gasteiger partial charge >= 0.3 is 0 Å². The van der Waals surface area contributed by atoms with Crippen LogP contribution in [0.1, 0.15) is 32.8 Å². The van der Waals surface area contributed by atoms with E-state index in [1.165, 1.54) is 12.0 Å². The average Bonchev–Trinajstić information content (AvgIpc) is 2.33. The molecule has 1 rings (SSSR count). The second-order valence-electron chi connectivity index (χ2n) is 4.74. The van der Waals surface area contributed by atoms with Crippen LogP contribution in [0.15, 0.2) is 24.3 Å². The quantitative estimate of drug-likeness (QED) is 0.698. The number of benzene rings is 1. The summed E-state index contributed by atoms with van der Waals surface area (Å²) in [6.45, 7) is 9.39. The van der Waals surface area contributed by atoms with Gasteiger partial charge in [0.05, 0.1) is 0 Å². The molecule has 2 nitrogen and oxygen atoms in total. The highest BCUT2D eigenvalue weighted by Crippen LogP contribution is 2.17. The summed E-state index contributed by atoms with van der Waals surface area (Å²) in [7, 11) is 0. The van der Waals surface area contributed by atoms with Gasteiger partial charge in [-0.25, -0.2) is 0 Å². The number of hydrogen-bond donors (Lipinski definition) is 1. The number of ether oxygens (including phenoxy) is 1. The van der Waals surface area contributed by atoms with Gasteiger partial charge in [-0.2, -0.15) is 0 Å². The zero-order chi connectivity index (χ0) is 12.5. The normalized spacial score (nSPS) is 10.8. The fourth-order valence-corrected chi connectivity index (χ4v) is 1.69. The van der Waals surface area contributed by atoms with Gasteiger partial charge in [-0.15, -0.1) is 0 Å². The van der Waals surface area contributed by atoms with Crippen molar-refractivity contribution in [2.24, 2.45) is 5.92 Å². The lowest BCUT2D eigenvalue weighted by molar-refractivity contribution is 0.309. The van der Waals surface area contributed by atoms with E-state index in [1.54, 1.807) is 0 Å². The predicted octanol–water partition coefficient (Wildman–Crippen LogP) is 3.26. The second-order valence-corrected chi connectivity index (χ2v) is 4.74. The summed E-state index contributed by atoms with van der Waals surface area (Å²) >= 11 is 0. The lowest BCUT2D eigenvalue weighted by Gasteiger charge is -2.11. The molecule has 0 atom stereocenters. The van der Waals surface area contributed by atoms with Crippen molar-refractivity contribution in [3.8, 4) is 5.75 Å². The van der Waals surface area contributed by atoms with E-state index in [-0.39, 0.29) is 0 Å². The molecule has 1 aromatic carbocycles. The van der Waals surface area contributed by atoms with Gasteiger partial charge in [-0.3, -0.25) is 0 Å². The highest BCUT2D eigenvalue weighted by Gasteiger charge is 1.99. The highest BCUT2D eigenvalue weighted by molar-refractivity contribution is 5.33. The molecular formula is C15H25NO. The maximum absolute atomic E-state index is 5.77. The van der Waals surface area contributed by atoms with Crippen LogP contribution in [0.2, 0.25) is 0 Å². The molecule has 0 spiro atoms. The summed E-state index contributed by atoms with van der Waals surface area (Å²) in [4.78, 5) is 0. The van der Waals surface area contributed by atoms with Crippen molar-refractivity contribution in [2.45, 2.75) is 33.6 Å². The predicted molar refractivity (Wildman–Crippen MR) is 73.6 cm³/mol. The molecule has 0 saturated heterocycles. The summed E-state index contributed by atoms with van der Waals surface area (Å²) in [5.74, 6) is 1.80. The Morgan fingerprint density at radius 3 is 2.65 bits per heavy atom. The Hall–Kier alpha value is -1.02. The van der Waals surface area contributed by atoms with Gasteiger partial charge in [-0.1, -0.05) is 39.0 Å². The summed E-state index contributed by atoms with van der Waals surface area (Å²) in [5.41, 5.74) is 1.29. The van der Waals surface area contributed by atoms with Gasteiger partial charge in [0.2, 0.25) is 0 Å². The van der Waals surface area contributed by atoms with Crippen LogP contribution in [-0.4, -0.2) is 19.7 Å². The summed E-state index contributed by atoms with van der Waals surface area (Å²) < 4.78 is 5.77. The number of rotatable bonds is 8.